The molecule has 3 heteroatoms. The number of nitrogens with two attached hydrogens (primary N) is 1. The second-order valence-electron chi connectivity index (χ2n) is 3.31. The molecule has 0 bridgehead atoms. The predicted octanol–water partition coefficient (Wildman–Crippen LogP) is 1.29. The van der Waals surface area contributed by atoms with Crippen LogP contribution in [0.15, 0.2) is 24.3 Å². The molecule has 78 valence electrons. The summed E-state index contributed by atoms with van der Waals surface area (Å²) in [6, 6.07) is 7.42. The highest BCUT2D eigenvalue weighted by Gasteiger charge is 2.02. The molecule has 0 amide bonds. The first-order valence-electron chi connectivity index (χ1n) is 4.82. The van der Waals surface area contributed by atoms with Gasteiger partial charge in [-0.25, -0.2) is 0 Å². The van der Waals surface area contributed by atoms with E-state index in [0.717, 1.165) is 17.7 Å². The van der Waals surface area contributed by atoms with Gasteiger partial charge in [0.05, 0.1) is 12.7 Å². The number of hydrogen-bond donors (Lipinski definition) is 2. The van der Waals surface area contributed by atoms with Crippen molar-refractivity contribution in [1.82, 2.24) is 0 Å². The number of hydrogen-bond acceptors (Lipinski definition) is 3. The SMILES string of the molecule is CC(CCN)Oc1ccc(CO)cc1. The molecule has 0 fully saturated rings. The van der Waals surface area contributed by atoms with Gasteiger partial charge in [-0.3, -0.25) is 0 Å². The molecule has 3 nitrogen and oxygen atoms in total. The monoisotopic (exact) mass is 195 g/mol. The molecule has 0 saturated heterocycles. The van der Waals surface area contributed by atoms with E-state index in [1.54, 1.807) is 0 Å². The summed E-state index contributed by atoms with van der Waals surface area (Å²) < 4.78 is 5.59. The van der Waals surface area contributed by atoms with Gasteiger partial charge in [-0.2, -0.15) is 0 Å². The molecular formula is C11H17NO2. The molecule has 14 heavy (non-hydrogen) atoms. The Morgan fingerprint density at radius 3 is 2.50 bits per heavy atom. The maximum absolute atomic E-state index is 8.84. The number of ether oxygens (including phenoxy) is 1. The fourth-order valence-corrected chi connectivity index (χ4v) is 1.20. The molecule has 1 rings (SSSR count). The normalized spacial score (nSPS) is 12.5. The zero-order valence-corrected chi connectivity index (χ0v) is 8.44. The van der Waals surface area contributed by atoms with Crippen molar-refractivity contribution in [1.29, 1.82) is 0 Å². The minimum Gasteiger partial charge on any atom is -0.491 e. The van der Waals surface area contributed by atoms with E-state index in [9.17, 15) is 0 Å². The molecule has 3 N–H and O–H groups in total. The lowest BCUT2D eigenvalue weighted by atomic mass is 10.2. The van der Waals surface area contributed by atoms with E-state index in [1.807, 2.05) is 31.2 Å². The molecular weight excluding hydrogens is 178 g/mol. The van der Waals surface area contributed by atoms with Gasteiger partial charge in [-0.15, -0.1) is 0 Å². The molecule has 1 aromatic rings. The lowest BCUT2D eigenvalue weighted by molar-refractivity contribution is 0.213. The fraction of sp³-hybridized carbons (Fsp3) is 0.455. The summed E-state index contributed by atoms with van der Waals surface area (Å²) in [5.74, 6) is 0.822. The molecule has 0 spiro atoms. The lowest BCUT2D eigenvalue weighted by Crippen LogP contribution is -2.16. The summed E-state index contributed by atoms with van der Waals surface area (Å²) in [7, 11) is 0. The van der Waals surface area contributed by atoms with Crippen molar-refractivity contribution in [3.05, 3.63) is 29.8 Å². The van der Waals surface area contributed by atoms with Crippen LogP contribution in [0.2, 0.25) is 0 Å². The fourth-order valence-electron chi connectivity index (χ4n) is 1.20. The van der Waals surface area contributed by atoms with Crippen LogP contribution >= 0.6 is 0 Å². The second-order valence-corrected chi connectivity index (χ2v) is 3.31. The van der Waals surface area contributed by atoms with E-state index < -0.39 is 0 Å². The molecule has 0 aliphatic carbocycles. The van der Waals surface area contributed by atoms with Crippen molar-refractivity contribution in [3.63, 3.8) is 0 Å². The molecule has 1 unspecified atom stereocenters. The predicted molar refractivity (Wildman–Crippen MR) is 56.1 cm³/mol. The third-order valence-electron chi connectivity index (χ3n) is 2.02. The van der Waals surface area contributed by atoms with Crippen LogP contribution in [0.4, 0.5) is 0 Å². The third-order valence-corrected chi connectivity index (χ3v) is 2.02. The summed E-state index contributed by atoms with van der Waals surface area (Å²) in [6.45, 7) is 2.70. The van der Waals surface area contributed by atoms with Crippen LogP contribution < -0.4 is 10.5 Å². The Labute approximate surface area is 84.5 Å². The maximum atomic E-state index is 8.84. The Balaban J connectivity index is 2.50. The summed E-state index contributed by atoms with van der Waals surface area (Å²) >= 11 is 0. The van der Waals surface area contributed by atoms with Crippen molar-refractivity contribution >= 4 is 0 Å². The van der Waals surface area contributed by atoms with Gasteiger partial charge >= 0.3 is 0 Å². The average molecular weight is 195 g/mol. The average Bonchev–Trinajstić information content (AvgIpc) is 2.19. The Morgan fingerprint density at radius 1 is 1.36 bits per heavy atom. The van der Waals surface area contributed by atoms with Crippen LogP contribution in [0.5, 0.6) is 5.75 Å². The van der Waals surface area contributed by atoms with E-state index in [-0.39, 0.29) is 12.7 Å². The van der Waals surface area contributed by atoms with Gasteiger partial charge in [0.1, 0.15) is 5.75 Å². The smallest absolute Gasteiger partial charge is 0.119 e. The standard InChI is InChI=1S/C11H17NO2/c1-9(6-7-12)14-11-4-2-10(8-13)3-5-11/h2-5,9,13H,6-8,12H2,1H3. The van der Waals surface area contributed by atoms with Crippen LogP contribution in [-0.2, 0) is 6.61 Å². The molecule has 0 heterocycles. The van der Waals surface area contributed by atoms with Gasteiger partial charge in [0.15, 0.2) is 0 Å². The minimum absolute atomic E-state index is 0.0681. The Bertz CT molecular complexity index is 258. The highest BCUT2D eigenvalue weighted by atomic mass is 16.5. The van der Waals surface area contributed by atoms with Crippen LogP contribution in [0, 0.1) is 0 Å². The Morgan fingerprint density at radius 2 is 2.00 bits per heavy atom. The molecule has 0 aliphatic rings. The number of rotatable bonds is 5. The second kappa shape index (κ2) is 5.62. The van der Waals surface area contributed by atoms with E-state index in [2.05, 4.69) is 0 Å². The van der Waals surface area contributed by atoms with Crippen molar-refractivity contribution < 1.29 is 9.84 Å². The number of aliphatic hydroxyl groups is 1. The van der Waals surface area contributed by atoms with Crippen LogP contribution in [0.25, 0.3) is 0 Å². The lowest BCUT2D eigenvalue weighted by Gasteiger charge is -2.13. The third kappa shape index (κ3) is 3.36. The molecule has 1 aromatic carbocycles. The first kappa shape index (κ1) is 11.0. The Kier molecular flexibility index (Phi) is 4.43. The van der Waals surface area contributed by atoms with Gasteiger partial charge in [-0.05, 0) is 37.6 Å². The van der Waals surface area contributed by atoms with E-state index in [0.29, 0.717) is 6.54 Å². The molecule has 0 radical (unpaired) electrons. The summed E-state index contributed by atoms with van der Waals surface area (Å²) in [4.78, 5) is 0. The molecule has 0 aliphatic heterocycles. The van der Waals surface area contributed by atoms with Crippen molar-refractivity contribution in [2.75, 3.05) is 6.54 Å². The van der Waals surface area contributed by atoms with Gasteiger partial charge in [0.2, 0.25) is 0 Å². The van der Waals surface area contributed by atoms with Crippen molar-refractivity contribution in [3.8, 4) is 5.75 Å². The minimum atomic E-state index is 0.0681. The first-order chi connectivity index (χ1) is 6.76. The van der Waals surface area contributed by atoms with Crippen molar-refractivity contribution in [2.24, 2.45) is 5.73 Å². The van der Waals surface area contributed by atoms with Crippen LogP contribution in [0.3, 0.4) is 0 Å². The van der Waals surface area contributed by atoms with E-state index >= 15 is 0 Å². The van der Waals surface area contributed by atoms with E-state index in [1.165, 1.54) is 0 Å². The highest BCUT2D eigenvalue weighted by molar-refractivity contribution is 5.26. The molecule has 1 atom stereocenters. The largest absolute Gasteiger partial charge is 0.491 e. The number of benzene rings is 1. The topological polar surface area (TPSA) is 55.5 Å². The highest BCUT2D eigenvalue weighted by Crippen LogP contribution is 2.14. The van der Waals surface area contributed by atoms with Gasteiger partial charge in [0, 0.05) is 0 Å². The zero-order valence-electron chi connectivity index (χ0n) is 8.44. The van der Waals surface area contributed by atoms with Gasteiger partial charge in [-0.1, -0.05) is 12.1 Å². The van der Waals surface area contributed by atoms with Gasteiger partial charge in [0.25, 0.3) is 0 Å². The molecule has 0 saturated carbocycles. The van der Waals surface area contributed by atoms with Crippen LogP contribution in [-0.4, -0.2) is 17.8 Å². The summed E-state index contributed by atoms with van der Waals surface area (Å²) in [6.07, 6.45) is 0.988. The molecule has 0 aromatic heterocycles. The maximum Gasteiger partial charge on any atom is 0.119 e. The van der Waals surface area contributed by atoms with Gasteiger partial charge < -0.3 is 15.6 Å². The van der Waals surface area contributed by atoms with Crippen molar-refractivity contribution in [2.45, 2.75) is 26.1 Å². The Hall–Kier alpha value is -1.06. The first-order valence-corrected chi connectivity index (χ1v) is 4.82. The van der Waals surface area contributed by atoms with E-state index in [4.69, 9.17) is 15.6 Å². The van der Waals surface area contributed by atoms with Crippen LogP contribution in [0.1, 0.15) is 18.9 Å². The quantitative estimate of drug-likeness (QED) is 0.744. The summed E-state index contributed by atoms with van der Waals surface area (Å²) in [5, 5.41) is 8.84. The zero-order chi connectivity index (χ0) is 10.4. The summed E-state index contributed by atoms with van der Waals surface area (Å²) in [5.41, 5.74) is 6.31. The number of aliphatic hydroxyl groups excluding tert-OH is 1.